The number of benzene rings is 1. The number of fused-ring (bicyclic) bond motifs is 1. The monoisotopic (exact) mass is 403 g/mol. The third-order valence-electron chi connectivity index (χ3n) is 5.18. The van der Waals surface area contributed by atoms with E-state index in [9.17, 15) is 14.4 Å². The van der Waals surface area contributed by atoms with E-state index in [4.69, 9.17) is 9.47 Å². The molecule has 2 aliphatic rings. The SMILES string of the molecule is CCOC(=O)c1ccccc1OCCNCCCCN1C(=O)C2CCCN2C1=O. The Labute approximate surface area is 171 Å². The molecule has 8 nitrogen and oxygen atoms in total. The molecule has 1 N–H and O–H groups in total. The summed E-state index contributed by atoms with van der Waals surface area (Å²) in [6.45, 7) is 5.10. The number of urea groups is 1. The lowest BCUT2D eigenvalue weighted by Crippen LogP contribution is -2.34. The summed E-state index contributed by atoms with van der Waals surface area (Å²) in [6.07, 6.45) is 3.35. The van der Waals surface area contributed by atoms with Crippen LogP contribution in [-0.4, -0.2) is 73.1 Å². The maximum atomic E-state index is 12.3. The van der Waals surface area contributed by atoms with Gasteiger partial charge in [-0.2, -0.15) is 0 Å². The zero-order valence-electron chi connectivity index (χ0n) is 16.9. The number of ether oxygens (including phenoxy) is 2. The first kappa shape index (κ1) is 21.1. The van der Waals surface area contributed by atoms with Crippen LogP contribution < -0.4 is 10.1 Å². The summed E-state index contributed by atoms with van der Waals surface area (Å²) in [4.78, 5) is 39.5. The van der Waals surface area contributed by atoms with Crippen LogP contribution in [0.3, 0.4) is 0 Å². The number of carbonyl (C=O) groups is 3. The fourth-order valence-corrected chi connectivity index (χ4v) is 3.74. The van der Waals surface area contributed by atoms with Crippen molar-refractivity contribution in [2.45, 2.75) is 38.6 Å². The molecule has 158 valence electrons. The van der Waals surface area contributed by atoms with E-state index in [2.05, 4.69) is 5.32 Å². The maximum absolute atomic E-state index is 12.3. The van der Waals surface area contributed by atoms with Gasteiger partial charge in [-0.05, 0) is 51.3 Å². The molecule has 29 heavy (non-hydrogen) atoms. The second kappa shape index (κ2) is 10.2. The number of imide groups is 1. The van der Waals surface area contributed by atoms with E-state index >= 15 is 0 Å². The Bertz CT molecular complexity index is 717. The van der Waals surface area contributed by atoms with E-state index in [1.807, 2.05) is 6.07 Å². The van der Waals surface area contributed by atoms with Crippen molar-refractivity contribution in [3.8, 4) is 5.75 Å². The Balaban J connectivity index is 1.29. The molecule has 0 radical (unpaired) electrons. The van der Waals surface area contributed by atoms with Crippen LogP contribution in [0.25, 0.3) is 0 Å². The Morgan fingerprint density at radius 3 is 2.83 bits per heavy atom. The summed E-state index contributed by atoms with van der Waals surface area (Å²) in [5, 5.41) is 3.28. The molecule has 1 aromatic carbocycles. The van der Waals surface area contributed by atoms with Crippen LogP contribution >= 0.6 is 0 Å². The molecule has 2 heterocycles. The van der Waals surface area contributed by atoms with Crippen LogP contribution in [0.2, 0.25) is 0 Å². The van der Waals surface area contributed by atoms with E-state index < -0.39 is 0 Å². The lowest BCUT2D eigenvalue weighted by atomic mass is 10.2. The molecule has 3 amide bonds. The van der Waals surface area contributed by atoms with Gasteiger partial charge in [0, 0.05) is 19.6 Å². The molecule has 2 fully saturated rings. The van der Waals surface area contributed by atoms with Gasteiger partial charge in [0.2, 0.25) is 0 Å². The van der Waals surface area contributed by atoms with Gasteiger partial charge in [-0.1, -0.05) is 12.1 Å². The summed E-state index contributed by atoms with van der Waals surface area (Å²) in [7, 11) is 0. The normalized spacial score (nSPS) is 18.3. The van der Waals surface area contributed by atoms with E-state index in [0.717, 1.165) is 32.2 Å². The third kappa shape index (κ3) is 5.06. The molecule has 8 heteroatoms. The molecule has 2 saturated heterocycles. The van der Waals surface area contributed by atoms with Crippen LogP contribution in [0, 0.1) is 0 Å². The predicted molar refractivity (Wildman–Crippen MR) is 107 cm³/mol. The quantitative estimate of drug-likeness (QED) is 0.346. The number of rotatable bonds is 11. The molecule has 0 saturated carbocycles. The van der Waals surface area contributed by atoms with Crippen molar-refractivity contribution in [2.75, 3.05) is 39.4 Å². The summed E-state index contributed by atoms with van der Waals surface area (Å²) in [5.41, 5.74) is 0.426. The van der Waals surface area contributed by atoms with E-state index in [0.29, 0.717) is 44.2 Å². The Morgan fingerprint density at radius 1 is 1.21 bits per heavy atom. The predicted octanol–water partition coefficient (Wildman–Crippen LogP) is 2.04. The number of carbonyl (C=O) groups excluding carboxylic acids is 3. The van der Waals surface area contributed by atoms with Crippen molar-refractivity contribution < 1.29 is 23.9 Å². The van der Waals surface area contributed by atoms with Crippen LogP contribution in [-0.2, 0) is 9.53 Å². The highest BCUT2D eigenvalue weighted by atomic mass is 16.5. The first-order valence-electron chi connectivity index (χ1n) is 10.3. The molecule has 0 spiro atoms. The fourth-order valence-electron chi connectivity index (χ4n) is 3.74. The lowest BCUT2D eigenvalue weighted by Gasteiger charge is -2.15. The summed E-state index contributed by atoms with van der Waals surface area (Å²) >= 11 is 0. The zero-order valence-corrected chi connectivity index (χ0v) is 16.9. The first-order valence-corrected chi connectivity index (χ1v) is 10.3. The smallest absolute Gasteiger partial charge is 0.341 e. The van der Waals surface area contributed by atoms with Crippen molar-refractivity contribution in [3.63, 3.8) is 0 Å². The Morgan fingerprint density at radius 2 is 2.03 bits per heavy atom. The molecule has 0 aromatic heterocycles. The minimum Gasteiger partial charge on any atom is -0.491 e. The van der Waals surface area contributed by atoms with Crippen LogP contribution in [0.15, 0.2) is 24.3 Å². The number of para-hydroxylation sites is 1. The van der Waals surface area contributed by atoms with Crippen molar-refractivity contribution >= 4 is 17.9 Å². The molecule has 3 rings (SSSR count). The summed E-state index contributed by atoms with van der Waals surface area (Å²) < 4.78 is 10.7. The minimum absolute atomic E-state index is 0.0332. The average molecular weight is 403 g/mol. The van der Waals surface area contributed by atoms with Crippen molar-refractivity contribution in [1.82, 2.24) is 15.1 Å². The summed E-state index contributed by atoms with van der Waals surface area (Å²) in [6, 6.07) is 6.69. The number of nitrogens with zero attached hydrogens (tertiary/aromatic N) is 2. The maximum Gasteiger partial charge on any atom is 0.341 e. The lowest BCUT2D eigenvalue weighted by molar-refractivity contribution is -0.128. The van der Waals surface area contributed by atoms with E-state index in [-0.39, 0.29) is 23.9 Å². The molecule has 2 aliphatic heterocycles. The summed E-state index contributed by atoms with van der Waals surface area (Å²) in [5.74, 6) is 0.0935. The third-order valence-corrected chi connectivity index (χ3v) is 5.18. The van der Waals surface area contributed by atoms with Crippen molar-refractivity contribution in [1.29, 1.82) is 0 Å². The number of esters is 1. The molecule has 1 aromatic rings. The van der Waals surface area contributed by atoms with Gasteiger partial charge in [0.25, 0.3) is 5.91 Å². The highest BCUT2D eigenvalue weighted by molar-refractivity contribution is 6.04. The van der Waals surface area contributed by atoms with Gasteiger partial charge in [-0.15, -0.1) is 0 Å². The van der Waals surface area contributed by atoms with Crippen molar-refractivity contribution in [2.24, 2.45) is 0 Å². The topological polar surface area (TPSA) is 88.2 Å². The minimum atomic E-state index is -0.387. The van der Waals surface area contributed by atoms with E-state index in [1.165, 1.54) is 4.90 Å². The first-order chi connectivity index (χ1) is 14.1. The number of hydrogen-bond donors (Lipinski definition) is 1. The van der Waals surface area contributed by atoms with Crippen LogP contribution in [0.1, 0.15) is 43.0 Å². The van der Waals surface area contributed by atoms with Gasteiger partial charge in [0.05, 0.1) is 6.61 Å². The zero-order chi connectivity index (χ0) is 20.6. The molecule has 1 unspecified atom stereocenters. The standard InChI is InChI=1S/C21H29N3O5/c1-2-28-20(26)16-8-3-4-10-18(16)29-15-12-22-11-5-6-13-24-19(25)17-9-7-14-23(17)21(24)27/h3-4,8,10,17,22H,2,5-7,9,11-15H2,1H3. The van der Waals surface area contributed by atoms with Gasteiger partial charge < -0.3 is 19.7 Å². The molecular formula is C21H29N3O5. The Hall–Kier alpha value is -2.61. The fraction of sp³-hybridized carbons (Fsp3) is 0.571. The number of hydrogen-bond acceptors (Lipinski definition) is 6. The Kier molecular flexibility index (Phi) is 7.46. The van der Waals surface area contributed by atoms with Crippen molar-refractivity contribution in [3.05, 3.63) is 29.8 Å². The van der Waals surface area contributed by atoms with Gasteiger partial charge in [0.15, 0.2) is 0 Å². The highest BCUT2D eigenvalue weighted by Gasteiger charge is 2.46. The second-order valence-corrected chi connectivity index (χ2v) is 7.15. The number of nitrogens with one attached hydrogen (secondary N) is 1. The van der Waals surface area contributed by atoms with Gasteiger partial charge in [-0.25, -0.2) is 9.59 Å². The van der Waals surface area contributed by atoms with Crippen LogP contribution in [0.5, 0.6) is 5.75 Å². The molecule has 1 atom stereocenters. The molecule has 0 aliphatic carbocycles. The number of unbranched alkanes of at least 4 members (excludes halogenated alkanes) is 1. The van der Waals surface area contributed by atoms with Gasteiger partial charge >= 0.3 is 12.0 Å². The average Bonchev–Trinajstić information content (AvgIpc) is 3.29. The number of amides is 3. The molecular weight excluding hydrogens is 374 g/mol. The van der Waals surface area contributed by atoms with Gasteiger partial charge in [-0.3, -0.25) is 9.69 Å². The highest BCUT2D eigenvalue weighted by Crippen LogP contribution is 2.27. The molecule has 0 bridgehead atoms. The second-order valence-electron chi connectivity index (χ2n) is 7.15. The van der Waals surface area contributed by atoms with Gasteiger partial charge in [0.1, 0.15) is 24.0 Å². The van der Waals surface area contributed by atoms with E-state index in [1.54, 1.807) is 30.0 Å². The van der Waals surface area contributed by atoms with Crippen LogP contribution in [0.4, 0.5) is 4.79 Å². The largest absolute Gasteiger partial charge is 0.491 e.